The normalized spacial score (nSPS) is 20.4. The number of rotatable bonds is 9. The summed E-state index contributed by atoms with van der Waals surface area (Å²) in [4.78, 5) is 11.8. The number of carbonyl (C=O) groups excluding carboxylic acids is 1. The number of methoxy groups -OCH3 is 1. The van der Waals surface area contributed by atoms with E-state index >= 15 is 0 Å². The molecule has 31 heavy (non-hydrogen) atoms. The Bertz CT molecular complexity index is 664. The lowest BCUT2D eigenvalue weighted by atomic mass is 10.1. The smallest absolute Gasteiger partial charge is 0.352 e. The lowest BCUT2D eigenvalue weighted by Crippen LogP contribution is -2.50. The molecule has 180 valence electrons. The van der Waals surface area contributed by atoms with Gasteiger partial charge in [0.2, 0.25) is 0 Å². The summed E-state index contributed by atoms with van der Waals surface area (Å²) in [7, 11) is -2.86. The molecule has 1 saturated heterocycles. The number of esters is 1. The lowest BCUT2D eigenvalue weighted by Gasteiger charge is -2.42. The van der Waals surface area contributed by atoms with E-state index in [1.165, 1.54) is 13.2 Å². The second-order valence-corrected chi connectivity index (χ2v) is 21.0. The minimum absolute atomic E-state index is 0.0225. The van der Waals surface area contributed by atoms with Crippen molar-refractivity contribution < 1.29 is 27.9 Å². The minimum atomic E-state index is -2.11. The summed E-state index contributed by atoms with van der Waals surface area (Å²) >= 11 is 5.09. The van der Waals surface area contributed by atoms with Gasteiger partial charge in [-0.05, 0) is 42.3 Å². The summed E-state index contributed by atoms with van der Waals surface area (Å²) in [5.41, 5.74) is 0. The number of thiocarbonyl (C=S) groups is 1. The second kappa shape index (κ2) is 10.5. The van der Waals surface area contributed by atoms with Crippen molar-refractivity contribution in [2.24, 2.45) is 0 Å². The predicted octanol–water partition coefficient (Wildman–Crippen LogP) is 5.59. The van der Waals surface area contributed by atoms with Crippen LogP contribution >= 0.6 is 12.2 Å². The standard InChI is InChI=1S/C22H42O6SSi2/c1-21(2,3)30(8,9)27-16(12-13-19(23)24-7)14-17(18-15-25-20(29)26-18)28-31(10,11)22(4,5)6/h12-13,16-18H,14-15H2,1-11H3/b13-12+/t16-,17-,18+/m1/s1. The van der Waals surface area contributed by atoms with E-state index in [4.69, 9.17) is 35.3 Å². The molecule has 1 fully saturated rings. The van der Waals surface area contributed by atoms with Crippen LogP contribution in [0.5, 0.6) is 0 Å². The zero-order valence-electron chi connectivity index (χ0n) is 21.2. The first-order valence-corrected chi connectivity index (χ1v) is 17.1. The van der Waals surface area contributed by atoms with Crippen LogP contribution in [0.2, 0.25) is 36.3 Å². The molecule has 0 bridgehead atoms. The molecule has 0 saturated carbocycles. The Morgan fingerprint density at radius 3 is 2.03 bits per heavy atom. The maximum absolute atomic E-state index is 11.8. The molecule has 0 aromatic heterocycles. The lowest BCUT2D eigenvalue weighted by molar-refractivity contribution is -0.134. The van der Waals surface area contributed by atoms with Crippen LogP contribution in [0.3, 0.4) is 0 Å². The van der Waals surface area contributed by atoms with E-state index < -0.39 is 22.6 Å². The molecule has 0 spiro atoms. The molecule has 0 N–H and O–H groups in total. The van der Waals surface area contributed by atoms with Crippen LogP contribution in [-0.2, 0) is 27.9 Å². The molecular weight excluding hydrogens is 448 g/mol. The molecule has 1 aliphatic rings. The second-order valence-electron chi connectivity index (χ2n) is 11.2. The monoisotopic (exact) mass is 490 g/mol. The molecule has 0 aliphatic carbocycles. The van der Waals surface area contributed by atoms with E-state index in [0.717, 1.165) is 0 Å². The van der Waals surface area contributed by atoms with Crippen LogP contribution in [-0.4, -0.2) is 59.9 Å². The molecular formula is C22H42O6SSi2. The Labute approximate surface area is 196 Å². The predicted molar refractivity (Wildman–Crippen MR) is 133 cm³/mol. The molecule has 0 aromatic carbocycles. The van der Waals surface area contributed by atoms with Gasteiger partial charge in [0.1, 0.15) is 6.61 Å². The Balaban J connectivity index is 3.23. The molecule has 0 amide bonds. The van der Waals surface area contributed by atoms with Gasteiger partial charge in [0.25, 0.3) is 0 Å². The Morgan fingerprint density at radius 1 is 1.10 bits per heavy atom. The number of ether oxygens (including phenoxy) is 3. The van der Waals surface area contributed by atoms with Crippen molar-refractivity contribution in [3.63, 3.8) is 0 Å². The van der Waals surface area contributed by atoms with Gasteiger partial charge in [-0.15, -0.1) is 0 Å². The molecule has 1 rings (SSSR count). The van der Waals surface area contributed by atoms with Gasteiger partial charge in [0.05, 0.1) is 19.3 Å². The van der Waals surface area contributed by atoms with E-state index in [1.807, 2.05) is 0 Å². The first-order valence-electron chi connectivity index (χ1n) is 10.8. The topological polar surface area (TPSA) is 63.2 Å². The van der Waals surface area contributed by atoms with E-state index in [9.17, 15) is 4.79 Å². The summed E-state index contributed by atoms with van der Waals surface area (Å²) in [5, 5.41) is 0.207. The van der Waals surface area contributed by atoms with Gasteiger partial charge in [0, 0.05) is 24.7 Å². The van der Waals surface area contributed by atoms with E-state index in [1.54, 1.807) is 6.08 Å². The molecule has 6 nitrogen and oxygen atoms in total. The van der Waals surface area contributed by atoms with Crippen molar-refractivity contribution in [1.29, 1.82) is 0 Å². The van der Waals surface area contributed by atoms with E-state index in [-0.39, 0.29) is 33.6 Å². The largest absolute Gasteiger partial charge is 0.466 e. The maximum atomic E-state index is 11.8. The van der Waals surface area contributed by atoms with Crippen molar-refractivity contribution in [3.05, 3.63) is 12.2 Å². The van der Waals surface area contributed by atoms with Gasteiger partial charge < -0.3 is 23.1 Å². The van der Waals surface area contributed by atoms with Gasteiger partial charge in [-0.1, -0.05) is 41.5 Å². The Morgan fingerprint density at radius 2 is 1.61 bits per heavy atom. The van der Waals surface area contributed by atoms with Crippen LogP contribution in [0.1, 0.15) is 48.0 Å². The summed E-state index contributed by atoms with van der Waals surface area (Å²) in [6, 6.07) is 0. The highest BCUT2D eigenvalue weighted by Crippen LogP contribution is 2.40. The van der Waals surface area contributed by atoms with Crippen molar-refractivity contribution >= 4 is 40.1 Å². The molecule has 0 unspecified atom stereocenters. The fourth-order valence-electron chi connectivity index (χ4n) is 2.56. The third kappa shape index (κ3) is 8.27. The zero-order valence-corrected chi connectivity index (χ0v) is 24.0. The molecule has 1 aliphatic heterocycles. The van der Waals surface area contributed by atoms with Gasteiger partial charge in [-0.2, -0.15) is 0 Å². The number of hydrogen-bond acceptors (Lipinski definition) is 7. The van der Waals surface area contributed by atoms with Crippen molar-refractivity contribution in [2.75, 3.05) is 13.7 Å². The zero-order chi connectivity index (χ0) is 24.3. The number of carbonyl (C=O) groups is 1. The van der Waals surface area contributed by atoms with Crippen LogP contribution in [0.15, 0.2) is 12.2 Å². The summed E-state index contributed by atoms with van der Waals surface area (Å²) < 4.78 is 29.4. The third-order valence-electron chi connectivity index (χ3n) is 6.64. The van der Waals surface area contributed by atoms with Crippen LogP contribution < -0.4 is 0 Å². The summed E-state index contributed by atoms with van der Waals surface area (Å²) in [6.07, 6.45) is 2.83. The van der Waals surface area contributed by atoms with E-state index in [2.05, 4.69) is 67.7 Å². The van der Waals surface area contributed by atoms with Crippen LogP contribution in [0.25, 0.3) is 0 Å². The molecule has 1 heterocycles. The molecule has 0 radical (unpaired) electrons. The maximum Gasteiger partial charge on any atom is 0.352 e. The first-order chi connectivity index (χ1) is 13.9. The Hall–Kier alpha value is -0.746. The van der Waals surface area contributed by atoms with Crippen LogP contribution in [0, 0.1) is 0 Å². The van der Waals surface area contributed by atoms with Gasteiger partial charge in [-0.3, -0.25) is 0 Å². The van der Waals surface area contributed by atoms with Crippen molar-refractivity contribution in [1.82, 2.24) is 0 Å². The molecule has 3 atom stereocenters. The Kier molecular flexibility index (Phi) is 9.54. The van der Waals surface area contributed by atoms with Crippen molar-refractivity contribution in [3.8, 4) is 0 Å². The first kappa shape index (κ1) is 28.3. The summed E-state index contributed by atoms with van der Waals surface area (Å²) in [5.74, 6) is -0.410. The average Bonchev–Trinajstić information content (AvgIpc) is 3.02. The van der Waals surface area contributed by atoms with Crippen LogP contribution in [0.4, 0.5) is 0 Å². The van der Waals surface area contributed by atoms with Gasteiger partial charge in [-0.25, -0.2) is 4.79 Å². The van der Waals surface area contributed by atoms with Crippen molar-refractivity contribution in [2.45, 2.75) is 103 Å². The average molecular weight is 491 g/mol. The van der Waals surface area contributed by atoms with Gasteiger partial charge >= 0.3 is 11.2 Å². The highest BCUT2D eigenvalue weighted by molar-refractivity contribution is 7.79. The summed E-state index contributed by atoms with van der Waals surface area (Å²) in [6.45, 7) is 22.3. The third-order valence-corrected chi connectivity index (χ3v) is 15.9. The fourth-order valence-corrected chi connectivity index (χ4v) is 5.40. The highest BCUT2D eigenvalue weighted by atomic mass is 32.1. The SMILES string of the molecule is COC(=O)/C=C/[C@H](C[C@@H](O[Si](C)(C)C(C)(C)C)[C@@H]1COC(=S)O1)O[Si](C)(C)C(C)(C)C. The molecule has 9 heteroatoms. The van der Waals surface area contributed by atoms with Gasteiger partial charge in [0.15, 0.2) is 22.7 Å². The molecule has 0 aromatic rings. The minimum Gasteiger partial charge on any atom is -0.466 e. The quantitative estimate of drug-likeness (QED) is 0.181. The highest BCUT2D eigenvalue weighted by Gasteiger charge is 2.45. The fraction of sp³-hybridized carbons (Fsp3) is 0.818. The van der Waals surface area contributed by atoms with E-state index in [0.29, 0.717) is 13.0 Å². The number of hydrogen-bond donors (Lipinski definition) is 0.